The number of amides is 3. The summed E-state index contributed by atoms with van der Waals surface area (Å²) in [7, 11) is 3.07. The van der Waals surface area contributed by atoms with Gasteiger partial charge in [0, 0.05) is 13.0 Å². The van der Waals surface area contributed by atoms with Crippen LogP contribution in [0.15, 0.2) is 18.2 Å². The molecule has 132 valence electrons. The van der Waals surface area contributed by atoms with Crippen LogP contribution in [0.25, 0.3) is 0 Å². The molecule has 0 unspecified atom stereocenters. The molecule has 8 heteroatoms. The van der Waals surface area contributed by atoms with Gasteiger partial charge in [0.15, 0.2) is 18.1 Å². The minimum absolute atomic E-state index is 0.101. The Balaban J connectivity index is 2.38. The summed E-state index contributed by atoms with van der Waals surface area (Å²) in [5.41, 5.74) is 0.872. The predicted molar refractivity (Wildman–Crippen MR) is 86.0 cm³/mol. The molecule has 1 aromatic carbocycles. The quantitative estimate of drug-likeness (QED) is 0.686. The highest BCUT2D eigenvalue weighted by atomic mass is 16.5. The second-order valence-corrected chi connectivity index (χ2v) is 4.76. The lowest BCUT2D eigenvalue weighted by molar-refractivity contribution is -0.148. The molecule has 0 fully saturated rings. The van der Waals surface area contributed by atoms with Crippen LogP contribution < -0.4 is 20.1 Å². The molecule has 0 spiro atoms. The molecule has 0 aliphatic rings. The zero-order valence-electron chi connectivity index (χ0n) is 14.0. The fourth-order valence-corrected chi connectivity index (χ4v) is 1.87. The first-order valence-electron chi connectivity index (χ1n) is 7.44. The third kappa shape index (κ3) is 6.55. The Kier molecular flexibility index (Phi) is 8.10. The van der Waals surface area contributed by atoms with E-state index in [4.69, 9.17) is 14.2 Å². The highest BCUT2D eigenvalue weighted by molar-refractivity contribution is 5.95. The summed E-state index contributed by atoms with van der Waals surface area (Å²) in [6.07, 6.45) is 0.529. The van der Waals surface area contributed by atoms with Gasteiger partial charge in [-0.25, -0.2) is 4.79 Å². The SMILES string of the molecule is CCNC(=O)NC(=O)COC(=O)CCc1ccc(OC)c(OC)c1. The number of hydrogen-bond donors (Lipinski definition) is 2. The lowest BCUT2D eigenvalue weighted by Crippen LogP contribution is -2.41. The van der Waals surface area contributed by atoms with Crippen molar-refractivity contribution in [1.29, 1.82) is 0 Å². The molecule has 3 amide bonds. The minimum Gasteiger partial charge on any atom is -0.493 e. The Bertz CT molecular complexity index is 588. The van der Waals surface area contributed by atoms with Crippen molar-refractivity contribution in [1.82, 2.24) is 10.6 Å². The molecule has 0 saturated heterocycles. The molecule has 1 rings (SSSR count). The van der Waals surface area contributed by atoms with E-state index in [1.54, 1.807) is 26.2 Å². The van der Waals surface area contributed by atoms with Crippen molar-refractivity contribution in [3.63, 3.8) is 0 Å². The van der Waals surface area contributed by atoms with E-state index in [2.05, 4.69) is 5.32 Å². The van der Waals surface area contributed by atoms with Crippen LogP contribution in [-0.2, 0) is 20.7 Å². The van der Waals surface area contributed by atoms with Gasteiger partial charge in [-0.3, -0.25) is 14.9 Å². The average Bonchev–Trinajstić information content (AvgIpc) is 2.57. The number of urea groups is 1. The standard InChI is InChI=1S/C16H22N2O6/c1-4-17-16(21)18-14(19)10-24-15(20)8-6-11-5-7-12(22-2)13(9-11)23-3/h5,7,9H,4,6,8,10H2,1-3H3,(H2,17,18,19,21). The minimum atomic E-state index is -0.680. The molecule has 0 heterocycles. The molecule has 0 bridgehead atoms. The summed E-state index contributed by atoms with van der Waals surface area (Å²) in [6.45, 7) is 1.62. The Morgan fingerprint density at radius 1 is 1.08 bits per heavy atom. The molecular formula is C16H22N2O6. The van der Waals surface area contributed by atoms with E-state index in [1.807, 2.05) is 11.4 Å². The number of benzene rings is 1. The molecule has 0 saturated carbocycles. The van der Waals surface area contributed by atoms with Crippen molar-refractivity contribution in [2.45, 2.75) is 19.8 Å². The van der Waals surface area contributed by atoms with E-state index in [0.717, 1.165) is 5.56 Å². The van der Waals surface area contributed by atoms with Crippen LogP contribution in [0.2, 0.25) is 0 Å². The van der Waals surface area contributed by atoms with Crippen molar-refractivity contribution >= 4 is 17.9 Å². The summed E-state index contributed by atoms with van der Waals surface area (Å²) >= 11 is 0. The maximum absolute atomic E-state index is 11.7. The maximum Gasteiger partial charge on any atom is 0.321 e. The molecule has 0 atom stereocenters. The topological polar surface area (TPSA) is 103 Å². The van der Waals surface area contributed by atoms with Gasteiger partial charge in [-0.1, -0.05) is 6.07 Å². The van der Waals surface area contributed by atoms with Crippen LogP contribution in [0, 0.1) is 0 Å². The molecule has 0 aliphatic heterocycles. The van der Waals surface area contributed by atoms with Crippen molar-refractivity contribution in [3.8, 4) is 11.5 Å². The number of methoxy groups -OCH3 is 2. The van der Waals surface area contributed by atoms with E-state index >= 15 is 0 Å². The largest absolute Gasteiger partial charge is 0.493 e. The van der Waals surface area contributed by atoms with Crippen molar-refractivity contribution in [2.75, 3.05) is 27.4 Å². The average molecular weight is 338 g/mol. The van der Waals surface area contributed by atoms with Gasteiger partial charge in [0.25, 0.3) is 5.91 Å². The maximum atomic E-state index is 11.7. The number of carbonyl (C=O) groups is 3. The molecule has 24 heavy (non-hydrogen) atoms. The van der Waals surface area contributed by atoms with Gasteiger partial charge < -0.3 is 19.5 Å². The van der Waals surface area contributed by atoms with Gasteiger partial charge in [0.1, 0.15) is 0 Å². The zero-order valence-corrected chi connectivity index (χ0v) is 14.0. The summed E-state index contributed by atoms with van der Waals surface area (Å²) in [5.74, 6) is -0.0354. The van der Waals surface area contributed by atoms with Crippen LogP contribution in [0.3, 0.4) is 0 Å². The summed E-state index contributed by atoms with van der Waals surface area (Å²) in [5, 5.41) is 4.44. The number of ether oxygens (including phenoxy) is 3. The fraction of sp³-hybridized carbons (Fsp3) is 0.438. The second kappa shape index (κ2) is 10.1. The third-order valence-electron chi connectivity index (χ3n) is 3.02. The third-order valence-corrected chi connectivity index (χ3v) is 3.02. The van der Waals surface area contributed by atoms with Gasteiger partial charge in [-0.15, -0.1) is 0 Å². The number of hydrogen-bond acceptors (Lipinski definition) is 6. The molecule has 0 aromatic heterocycles. The highest BCUT2D eigenvalue weighted by Gasteiger charge is 2.11. The van der Waals surface area contributed by atoms with Crippen LogP contribution in [0.5, 0.6) is 11.5 Å². The molecule has 0 radical (unpaired) electrons. The van der Waals surface area contributed by atoms with E-state index in [0.29, 0.717) is 24.5 Å². The van der Waals surface area contributed by atoms with E-state index < -0.39 is 24.5 Å². The Hall–Kier alpha value is -2.77. The molecule has 2 N–H and O–H groups in total. The first-order valence-corrected chi connectivity index (χ1v) is 7.44. The lowest BCUT2D eigenvalue weighted by atomic mass is 10.1. The Morgan fingerprint density at radius 2 is 1.79 bits per heavy atom. The van der Waals surface area contributed by atoms with Crippen molar-refractivity contribution < 1.29 is 28.6 Å². The molecule has 8 nitrogen and oxygen atoms in total. The number of imide groups is 1. The number of esters is 1. The normalized spacial score (nSPS) is 9.79. The summed E-state index contributed by atoms with van der Waals surface area (Å²) in [4.78, 5) is 34.1. The van der Waals surface area contributed by atoms with E-state index in [9.17, 15) is 14.4 Å². The first-order chi connectivity index (χ1) is 11.5. The van der Waals surface area contributed by atoms with E-state index in [1.165, 1.54) is 7.11 Å². The highest BCUT2D eigenvalue weighted by Crippen LogP contribution is 2.27. The number of aryl methyl sites for hydroxylation is 1. The molecule has 0 aliphatic carbocycles. The Labute approximate surface area is 140 Å². The van der Waals surface area contributed by atoms with Gasteiger partial charge in [-0.2, -0.15) is 0 Å². The van der Waals surface area contributed by atoms with Gasteiger partial charge >= 0.3 is 12.0 Å². The lowest BCUT2D eigenvalue weighted by Gasteiger charge is -2.09. The number of rotatable bonds is 8. The van der Waals surface area contributed by atoms with Gasteiger partial charge in [0.05, 0.1) is 14.2 Å². The fourth-order valence-electron chi connectivity index (χ4n) is 1.87. The Morgan fingerprint density at radius 3 is 2.42 bits per heavy atom. The number of carbonyl (C=O) groups excluding carboxylic acids is 3. The summed E-state index contributed by atoms with van der Waals surface area (Å²) < 4.78 is 15.1. The zero-order chi connectivity index (χ0) is 17.9. The van der Waals surface area contributed by atoms with Crippen molar-refractivity contribution in [2.24, 2.45) is 0 Å². The smallest absolute Gasteiger partial charge is 0.321 e. The second-order valence-electron chi connectivity index (χ2n) is 4.76. The first kappa shape index (κ1) is 19.3. The predicted octanol–water partition coefficient (Wildman–Crippen LogP) is 1.03. The molecular weight excluding hydrogens is 316 g/mol. The van der Waals surface area contributed by atoms with Gasteiger partial charge in [-0.05, 0) is 31.0 Å². The van der Waals surface area contributed by atoms with Crippen molar-refractivity contribution in [3.05, 3.63) is 23.8 Å². The van der Waals surface area contributed by atoms with E-state index in [-0.39, 0.29) is 6.42 Å². The van der Waals surface area contributed by atoms with Crippen LogP contribution in [-0.4, -0.2) is 45.3 Å². The molecule has 1 aromatic rings. The van der Waals surface area contributed by atoms with Crippen LogP contribution in [0.1, 0.15) is 18.9 Å². The van der Waals surface area contributed by atoms with Gasteiger partial charge in [0.2, 0.25) is 0 Å². The van der Waals surface area contributed by atoms with Crippen LogP contribution in [0.4, 0.5) is 4.79 Å². The number of nitrogens with one attached hydrogen (secondary N) is 2. The monoisotopic (exact) mass is 338 g/mol. The van der Waals surface area contributed by atoms with Crippen LogP contribution >= 0.6 is 0 Å². The summed E-state index contributed by atoms with van der Waals surface area (Å²) in [6, 6.07) is 4.72.